The molecule has 0 aromatic carbocycles. The van der Waals surface area contributed by atoms with Crippen LogP contribution in [-0.4, -0.2) is 41.1 Å². The third-order valence-electron chi connectivity index (χ3n) is 2.39. The van der Waals surface area contributed by atoms with Crippen LogP contribution in [0.2, 0.25) is 0 Å². The van der Waals surface area contributed by atoms with Crippen LogP contribution in [0.1, 0.15) is 39.5 Å². The predicted octanol–water partition coefficient (Wildman–Crippen LogP) is 0.784. The molecule has 0 saturated heterocycles. The standard InChI is InChI=1S/C11H18N2O10/c1-8(14)21-9(2)22-11(15)6-4-3-5-10(23-13(18)19)7-20-12(16)17/h9-10H,3-7H2,1-2H3. The Morgan fingerprint density at radius 1 is 1.09 bits per heavy atom. The van der Waals surface area contributed by atoms with E-state index in [2.05, 4.69) is 14.4 Å². The van der Waals surface area contributed by atoms with Crippen LogP contribution in [0.15, 0.2) is 0 Å². The van der Waals surface area contributed by atoms with E-state index in [1.165, 1.54) is 13.8 Å². The lowest BCUT2D eigenvalue weighted by molar-refractivity contribution is -0.790. The first-order valence-corrected chi connectivity index (χ1v) is 6.66. The molecule has 0 fully saturated rings. The summed E-state index contributed by atoms with van der Waals surface area (Å²) >= 11 is 0. The van der Waals surface area contributed by atoms with Gasteiger partial charge in [0.15, 0.2) is 0 Å². The lowest BCUT2D eigenvalue weighted by atomic mass is 10.1. The molecule has 0 saturated carbocycles. The number of carbonyl (C=O) groups is 2. The van der Waals surface area contributed by atoms with Crippen LogP contribution >= 0.6 is 0 Å². The van der Waals surface area contributed by atoms with E-state index in [0.717, 1.165) is 0 Å². The molecule has 0 radical (unpaired) electrons. The predicted molar refractivity (Wildman–Crippen MR) is 70.6 cm³/mol. The smallest absolute Gasteiger partial charge is 0.308 e. The van der Waals surface area contributed by atoms with Crippen LogP contribution in [0, 0.1) is 20.2 Å². The van der Waals surface area contributed by atoms with Crippen molar-refractivity contribution in [3.63, 3.8) is 0 Å². The van der Waals surface area contributed by atoms with Crippen molar-refractivity contribution >= 4 is 11.9 Å². The van der Waals surface area contributed by atoms with Crippen molar-refractivity contribution < 1.29 is 38.9 Å². The van der Waals surface area contributed by atoms with Crippen LogP contribution in [0.5, 0.6) is 0 Å². The second-order valence-electron chi connectivity index (χ2n) is 4.38. The first-order chi connectivity index (χ1) is 10.7. The minimum absolute atomic E-state index is 0.00706. The minimum atomic E-state index is -1.11. The Morgan fingerprint density at radius 2 is 1.74 bits per heavy atom. The van der Waals surface area contributed by atoms with Gasteiger partial charge in [0.1, 0.15) is 12.7 Å². The number of carbonyl (C=O) groups excluding carboxylic acids is 2. The molecule has 0 bridgehead atoms. The molecule has 23 heavy (non-hydrogen) atoms. The van der Waals surface area contributed by atoms with Gasteiger partial charge in [0, 0.05) is 20.3 Å². The molecular weight excluding hydrogens is 320 g/mol. The normalized spacial score (nSPS) is 12.6. The van der Waals surface area contributed by atoms with Crippen molar-refractivity contribution in [1.29, 1.82) is 0 Å². The van der Waals surface area contributed by atoms with E-state index in [1.54, 1.807) is 0 Å². The summed E-state index contributed by atoms with van der Waals surface area (Å²) in [5.74, 6) is -1.19. The maximum atomic E-state index is 11.4. The van der Waals surface area contributed by atoms with Gasteiger partial charge in [-0.05, 0) is 12.8 Å². The molecule has 12 heteroatoms. The van der Waals surface area contributed by atoms with Crippen LogP contribution < -0.4 is 0 Å². The molecule has 0 aliphatic carbocycles. The fraction of sp³-hybridized carbons (Fsp3) is 0.818. The quantitative estimate of drug-likeness (QED) is 0.164. The number of nitrogens with zero attached hydrogens (tertiary/aromatic N) is 2. The molecule has 0 aromatic rings. The summed E-state index contributed by atoms with van der Waals surface area (Å²) in [7, 11) is 0. The third-order valence-corrected chi connectivity index (χ3v) is 2.39. The van der Waals surface area contributed by atoms with Crippen LogP contribution in [-0.2, 0) is 28.7 Å². The molecule has 0 aromatic heterocycles. The van der Waals surface area contributed by atoms with E-state index in [4.69, 9.17) is 4.74 Å². The van der Waals surface area contributed by atoms with Gasteiger partial charge in [-0.25, -0.2) is 0 Å². The Balaban J connectivity index is 3.99. The highest BCUT2D eigenvalue weighted by molar-refractivity contribution is 5.70. The number of esters is 2. The third kappa shape index (κ3) is 12.8. The zero-order valence-corrected chi connectivity index (χ0v) is 12.7. The van der Waals surface area contributed by atoms with Crippen molar-refractivity contribution in [2.45, 2.75) is 51.9 Å². The van der Waals surface area contributed by atoms with Gasteiger partial charge in [-0.2, -0.15) is 0 Å². The number of rotatable bonds is 12. The second-order valence-corrected chi connectivity index (χ2v) is 4.38. The zero-order valence-electron chi connectivity index (χ0n) is 12.7. The second kappa shape index (κ2) is 11.0. The summed E-state index contributed by atoms with van der Waals surface area (Å²) in [4.78, 5) is 50.6. The van der Waals surface area contributed by atoms with Crippen molar-refractivity contribution in [2.24, 2.45) is 0 Å². The molecule has 0 aliphatic heterocycles. The van der Waals surface area contributed by atoms with E-state index < -0.39 is 41.1 Å². The minimum Gasteiger partial charge on any atom is -0.426 e. The molecule has 132 valence electrons. The molecule has 12 nitrogen and oxygen atoms in total. The fourth-order valence-corrected chi connectivity index (χ4v) is 1.58. The maximum absolute atomic E-state index is 11.4. The van der Waals surface area contributed by atoms with Gasteiger partial charge in [0.25, 0.3) is 10.2 Å². The van der Waals surface area contributed by atoms with Gasteiger partial charge >= 0.3 is 11.9 Å². The molecule has 2 unspecified atom stereocenters. The van der Waals surface area contributed by atoms with Gasteiger partial charge in [0.2, 0.25) is 6.29 Å². The van der Waals surface area contributed by atoms with E-state index in [9.17, 15) is 29.8 Å². The lowest BCUT2D eigenvalue weighted by Gasteiger charge is -2.14. The average Bonchev–Trinajstić information content (AvgIpc) is 2.38. The van der Waals surface area contributed by atoms with E-state index in [0.29, 0.717) is 12.8 Å². The van der Waals surface area contributed by atoms with E-state index in [-0.39, 0.29) is 12.8 Å². The Morgan fingerprint density at radius 3 is 2.26 bits per heavy atom. The molecular formula is C11H18N2O10. The monoisotopic (exact) mass is 338 g/mol. The van der Waals surface area contributed by atoms with Crippen molar-refractivity contribution in [2.75, 3.05) is 6.61 Å². The van der Waals surface area contributed by atoms with Gasteiger partial charge in [0.05, 0.1) is 0 Å². The Hall–Kier alpha value is -2.66. The largest absolute Gasteiger partial charge is 0.426 e. The fourth-order valence-electron chi connectivity index (χ4n) is 1.58. The van der Waals surface area contributed by atoms with Crippen molar-refractivity contribution in [3.05, 3.63) is 20.2 Å². The van der Waals surface area contributed by atoms with Gasteiger partial charge in [-0.15, -0.1) is 20.2 Å². The van der Waals surface area contributed by atoms with E-state index >= 15 is 0 Å². The van der Waals surface area contributed by atoms with Gasteiger partial charge < -0.3 is 19.1 Å². The van der Waals surface area contributed by atoms with Crippen molar-refractivity contribution in [1.82, 2.24) is 0 Å². The summed E-state index contributed by atoms with van der Waals surface area (Å²) in [6, 6.07) is 0. The summed E-state index contributed by atoms with van der Waals surface area (Å²) in [5, 5.41) is 18.2. The van der Waals surface area contributed by atoms with Gasteiger partial charge in [-0.1, -0.05) is 6.42 Å². The van der Waals surface area contributed by atoms with Crippen LogP contribution in [0.25, 0.3) is 0 Å². The topological polar surface area (TPSA) is 157 Å². The maximum Gasteiger partial charge on any atom is 0.308 e. The summed E-state index contributed by atoms with van der Waals surface area (Å²) < 4.78 is 9.38. The Kier molecular flexibility index (Phi) is 9.71. The number of ether oxygens (including phenoxy) is 2. The molecule has 0 heterocycles. The lowest BCUT2D eigenvalue weighted by Crippen LogP contribution is -2.24. The highest BCUT2D eigenvalue weighted by Gasteiger charge is 2.16. The average molecular weight is 338 g/mol. The molecule has 0 aliphatic rings. The van der Waals surface area contributed by atoms with E-state index in [1.807, 2.05) is 0 Å². The zero-order chi connectivity index (χ0) is 17.8. The Bertz CT molecular complexity index is 427. The number of unbranched alkanes of at least 4 members (excludes halogenated alkanes) is 1. The molecule has 0 N–H and O–H groups in total. The molecule has 0 spiro atoms. The number of hydrogen-bond donors (Lipinski definition) is 0. The molecule has 2 atom stereocenters. The van der Waals surface area contributed by atoms with Gasteiger partial charge in [-0.3, -0.25) is 9.59 Å². The Labute approximate surface area is 130 Å². The SMILES string of the molecule is CC(=O)OC(C)OC(=O)CCCCC(CO[N+](=O)[O-])O[N+](=O)[O-]. The summed E-state index contributed by atoms with van der Waals surface area (Å²) in [6.45, 7) is 1.98. The van der Waals surface area contributed by atoms with Crippen LogP contribution in [0.4, 0.5) is 0 Å². The number of hydrogen-bond acceptors (Lipinski definition) is 10. The highest BCUT2D eigenvalue weighted by atomic mass is 17.0. The molecule has 0 amide bonds. The summed E-state index contributed by atoms with van der Waals surface area (Å²) in [5.41, 5.74) is 0. The first-order valence-electron chi connectivity index (χ1n) is 6.66. The molecule has 0 rings (SSSR count). The summed E-state index contributed by atoms with van der Waals surface area (Å²) in [6.07, 6.45) is -1.40. The first kappa shape index (κ1) is 20.3. The highest BCUT2D eigenvalue weighted by Crippen LogP contribution is 2.09. The van der Waals surface area contributed by atoms with Crippen LogP contribution in [0.3, 0.4) is 0 Å². The van der Waals surface area contributed by atoms with Crippen molar-refractivity contribution in [3.8, 4) is 0 Å².